The van der Waals surface area contributed by atoms with Crippen LogP contribution < -0.4 is 34.9 Å². The third-order valence-corrected chi connectivity index (χ3v) is 11.1. The molecule has 1 atom stereocenters. The second-order valence-electron chi connectivity index (χ2n) is 16.9. The van der Waals surface area contributed by atoms with E-state index in [1.807, 2.05) is 38.1 Å². The summed E-state index contributed by atoms with van der Waals surface area (Å²) in [6.07, 6.45) is 3.66. The molecule has 3 N–H and O–H groups in total. The molecule has 3 heterocycles. The average molecular weight is 1040 g/mol. The van der Waals surface area contributed by atoms with Gasteiger partial charge in [0.25, 0.3) is 17.7 Å². The Hall–Kier alpha value is -10.2. The number of ketones is 3. The molecular formula is C61H53N3O13. The number of Topliss-reactive ketones (excluding diaryl/α,β-unsaturated/α-hetero) is 3. The minimum Gasteiger partial charge on any atom is -0.497 e. The first-order chi connectivity index (χ1) is 37.3. The molecule has 3 amide bonds. The smallest absolute Gasteiger partial charge is 0.291 e. The Labute approximate surface area is 443 Å². The Morgan fingerprint density at radius 3 is 1.17 bits per heavy atom. The highest BCUT2D eigenvalue weighted by molar-refractivity contribution is 6.04. The lowest BCUT2D eigenvalue weighted by Gasteiger charge is -2.15. The topological polar surface area (TPSA) is 215 Å². The molecule has 9 aromatic rings. The van der Waals surface area contributed by atoms with Crippen molar-refractivity contribution in [1.82, 2.24) is 0 Å². The number of carbonyl (C=O) groups excluding carboxylic acids is 6. The average Bonchev–Trinajstić information content (AvgIpc) is 4.30. The van der Waals surface area contributed by atoms with Gasteiger partial charge in [-0.2, -0.15) is 0 Å². The van der Waals surface area contributed by atoms with Crippen LogP contribution in [0.2, 0.25) is 0 Å². The zero-order chi connectivity index (χ0) is 54.5. The van der Waals surface area contributed by atoms with Crippen LogP contribution in [0.3, 0.4) is 0 Å². The molecule has 9 rings (SSSR count). The molecule has 16 heteroatoms. The molecule has 0 saturated carbocycles. The zero-order valence-electron chi connectivity index (χ0n) is 42.4. The maximum atomic E-state index is 12.5. The standard InChI is InChI=1S/C21H19NO4.C20H17NO5.C20H17NO4/c1-14-8-10-16(11-9-14)20(23)15(2)26-18-6-3-5-17(13-18)22-21(24)19-7-4-12-25-19;1-24-16-9-7-14(8-10-16)18(22)13-26-17-5-2-4-15(12-17)21-20(23)19-6-3-11-25-19;1-14-7-9-15(10-8-14)18(22)13-25-17-5-2-4-16(12-17)21-20(23)19-6-3-11-24-19/h3-13,15H,1-2H3,(H,22,24);2-12H,13H2,1H3,(H,21,23);2-12H,13H2,1H3,(H,21,23). The highest BCUT2D eigenvalue weighted by Crippen LogP contribution is 2.23. The molecule has 0 bridgehead atoms. The van der Waals surface area contributed by atoms with E-state index in [9.17, 15) is 28.8 Å². The molecule has 0 radical (unpaired) electrons. The SMILES string of the molecule is COc1ccc(C(=O)COc2cccc(NC(=O)c3ccco3)c2)cc1.Cc1ccc(C(=O)C(C)Oc2cccc(NC(=O)c3ccco3)c2)cc1.Cc1ccc(C(=O)COc2cccc(NC(=O)c3ccco3)c2)cc1. The van der Waals surface area contributed by atoms with Gasteiger partial charge in [0.1, 0.15) is 23.0 Å². The third-order valence-electron chi connectivity index (χ3n) is 11.1. The number of amides is 3. The quantitative estimate of drug-likeness (QED) is 0.0644. The number of anilines is 3. The summed E-state index contributed by atoms with van der Waals surface area (Å²) in [5.74, 6) is 1.39. The summed E-state index contributed by atoms with van der Waals surface area (Å²) in [7, 11) is 1.57. The third kappa shape index (κ3) is 16.6. The van der Waals surface area contributed by atoms with Crippen molar-refractivity contribution >= 4 is 52.1 Å². The fourth-order valence-corrected chi connectivity index (χ4v) is 6.97. The van der Waals surface area contributed by atoms with Crippen LogP contribution in [0.4, 0.5) is 17.1 Å². The number of furan rings is 3. The summed E-state index contributed by atoms with van der Waals surface area (Å²) in [5.41, 5.74) is 5.58. The second kappa shape index (κ2) is 27.2. The Balaban J connectivity index is 0.000000168. The lowest BCUT2D eigenvalue weighted by Crippen LogP contribution is -2.24. The van der Waals surface area contributed by atoms with Gasteiger partial charge in [-0.05, 0) is 118 Å². The van der Waals surface area contributed by atoms with Crippen LogP contribution in [-0.2, 0) is 0 Å². The highest BCUT2D eigenvalue weighted by atomic mass is 16.5. The van der Waals surface area contributed by atoms with E-state index in [-0.39, 0.29) is 65.6 Å². The van der Waals surface area contributed by atoms with E-state index in [1.165, 1.54) is 18.8 Å². The fraction of sp³-hybridized carbons (Fsp3) is 0.115. The number of nitrogens with one attached hydrogen (secondary N) is 3. The van der Waals surface area contributed by atoms with Gasteiger partial charge >= 0.3 is 0 Å². The number of ether oxygens (including phenoxy) is 4. The first-order valence-electron chi connectivity index (χ1n) is 23.9. The first-order valence-corrected chi connectivity index (χ1v) is 23.9. The van der Waals surface area contributed by atoms with Gasteiger partial charge in [0.05, 0.1) is 25.9 Å². The van der Waals surface area contributed by atoms with Crippen LogP contribution in [0, 0.1) is 13.8 Å². The van der Waals surface area contributed by atoms with E-state index >= 15 is 0 Å². The number of rotatable bonds is 19. The predicted octanol–water partition coefficient (Wildman–Crippen LogP) is 12.4. The number of methoxy groups -OCH3 is 1. The number of hydrogen-bond acceptors (Lipinski definition) is 13. The lowest BCUT2D eigenvalue weighted by atomic mass is 10.1. The van der Waals surface area contributed by atoms with Crippen molar-refractivity contribution in [3.63, 3.8) is 0 Å². The van der Waals surface area contributed by atoms with Crippen molar-refractivity contribution in [3.8, 4) is 23.0 Å². The van der Waals surface area contributed by atoms with Crippen molar-refractivity contribution in [1.29, 1.82) is 0 Å². The Morgan fingerprint density at radius 2 is 0.792 bits per heavy atom. The van der Waals surface area contributed by atoms with Crippen molar-refractivity contribution in [2.24, 2.45) is 0 Å². The molecule has 0 fully saturated rings. The van der Waals surface area contributed by atoms with Gasteiger partial charge in [-0.25, -0.2) is 0 Å². The van der Waals surface area contributed by atoms with Crippen molar-refractivity contribution < 1.29 is 61.0 Å². The molecule has 0 aliphatic rings. The van der Waals surface area contributed by atoms with E-state index in [1.54, 1.807) is 172 Å². The van der Waals surface area contributed by atoms with E-state index in [4.69, 9.17) is 32.2 Å². The van der Waals surface area contributed by atoms with E-state index < -0.39 is 6.10 Å². The summed E-state index contributed by atoms with van der Waals surface area (Å²) in [5, 5.41) is 8.15. The van der Waals surface area contributed by atoms with Gasteiger partial charge in [0.15, 0.2) is 48.2 Å². The van der Waals surface area contributed by atoms with E-state index in [0.29, 0.717) is 56.8 Å². The van der Waals surface area contributed by atoms with Gasteiger partial charge in [-0.15, -0.1) is 0 Å². The number of benzene rings is 6. The predicted molar refractivity (Wildman–Crippen MR) is 289 cm³/mol. The monoisotopic (exact) mass is 1040 g/mol. The maximum absolute atomic E-state index is 12.5. The molecule has 390 valence electrons. The van der Waals surface area contributed by atoms with Gasteiger partial charge in [0.2, 0.25) is 5.78 Å². The summed E-state index contributed by atoms with van der Waals surface area (Å²) in [6, 6.07) is 51.7. The van der Waals surface area contributed by atoms with Gasteiger partial charge in [-0.1, -0.05) is 77.9 Å². The second-order valence-corrected chi connectivity index (χ2v) is 16.9. The lowest BCUT2D eigenvalue weighted by molar-refractivity contribution is 0.0817. The van der Waals surface area contributed by atoms with Crippen LogP contribution in [0.25, 0.3) is 0 Å². The summed E-state index contributed by atoms with van der Waals surface area (Å²) in [4.78, 5) is 72.8. The fourth-order valence-electron chi connectivity index (χ4n) is 6.97. The largest absolute Gasteiger partial charge is 0.497 e. The minimum atomic E-state index is -0.645. The molecule has 3 aromatic heterocycles. The Kier molecular flexibility index (Phi) is 19.3. The summed E-state index contributed by atoms with van der Waals surface area (Å²) < 4.78 is 37.0. The van der Waals surface area contributed by atoms with Gasteiger partial charge in [-0.3, -0.25) is 28.8 Å². The first kappa shape index (κ1) is 54.6. The van der Waals surface area contributed by atoms with Crippen LogP contribution in [-0.4, -0.2) is 61.5 Å². The maximum Gasteiger partial charge on any atom is 0.291 e. The number of aryl methyl sites for hydroxylation is 2. The number of carbonyl (C=O) groups is 6. The van der Waals surface area contributed by atoms with Crippen LogP contribution in [0.5, 0.6) is 23.0 Å². The minimum absolute atomic E-state index is 0.0708. The van der Waals surface area contributed by atoms with Crippen LogP contribution >= 0.6 is 0 Å². The molecule has 0 aliphatic carbocycles. The van der Waals surface area contributed by atoms with Crippen molar-refractivity contribution in [3.05, 3.63) is 246 Å². The zero-order valence-corrected chi connectivity index (χ0v) is 42.4. The molecule has 6 aromatic carbocycles. The Bertz CT molecular complexity index is 3370. The van der Waals surface area contributed by atoms with Gasteiger partial charge < -0.3 is 48.1 Å². The van der Waals surface area contributed by atoms with Crippen molar-refractivity contribution in [2.45, 2.75) is 26.9 Å². The molecule has 77 heavy (non-hydrogen) atoms. The van der Waals surface area contributed by atoms with Crippen LogP contribution in [0.15, 0.2) is 214 Å². The molecule has 0 spiro atoms. The summed E-state index contributed by atoms with van der Waals surface area (Å²) >= 11 is 0. The molecule has 16 nitrogen and oxygen atoms in total. The Morgan fingerprint density at radius 1 is 0.429 bits per heavy atom. The normalized spacial score (nSPS) is 10.7. The van der Waals surface area contributed by atoms with E-state index in [2.05, 4.69) is 16.0 Å². The molecule has 0 aliphatic heterocycles. The van der Waals surface area contributed by atoms with Gasteiger partial charge in [0, 0.05) is 52.0 Å². The van der Waals surface area contributed by atoms with Crippen molar-refractivity contribution in [2.75, 3.05) is 36.3 Å². The highest BCUT2D eigenvalue weighted by Gasteiger charge is 2.18. The van der Waals surface area contributed by atoms with Crippen LogP contribution in [0.1, 0.15) is 80.8 Å². The molecular weight excluding hydrogens is 983 g/mol. The van der Waals surface area contributed by atoms with E-state index in [0.717, 1.165) is 11.1 Å². The number of hydrogen-bond donors (Lipinski definition) is 3. The molecule has 0 saturated heterocycles. The molecule has 1 unspecified atom stereocenters. The summed E-state index contributed by atoms with van der Waals surface area (Å²) in [6.45, 7) is 5.46.